The number of methoxy groups -OCH3 is 3. The molecule has 4 aliphatic rings. The van der Waals surface area contributed by atoms with Gasteiger partial charge in [-0.2, -0.15) is 0 Å². The van der Waals surface area contributed by atoms with Gasteiger partial charge in [0.15, 0.2) is 0 Å². The van der Waals surface area contributed by atoms with Gasteiger partial charge in [-0.05, 0) is 104 Å². The Morgan fingerprint density at radius 3 is 2.29 bits per heavy atom. The molecule has 0 unspecified atom stereocenters. The number of rotatable bonds is 10. The van der Waals surface area contributed by atoms with Gasteiger partial charge in [0, 0.05) is 20.6 Å². The van der Waals surface area contributed by atoms with Crippen molar-refractivity contribution in [2.75, 3.05) is 34.9 Å². The van der Waals surface area contributed by atoms with Crippen molar-refractivity contribution in [2.45, 2.75) is 97.2 Å². The number of carbonyl (C=O) groups is 1. The van der Waals surface area contributed by atoms with Crippen LogP contribution in [0.2, 0.25) is 0 Å². The lowest BCUT2D eigenvalue weighted by Crippen LogP contribution is -2.59. The normalized spacial score (nSPS) is 43.7. The predicted octanol–water partition coefficient (Wildman–Crippen LogP) is 5.82. The summed E-state index contributed by atoms with van der Waals surface area (Å²) in [5.41, 5.74) is 0.688. The van der Waals surface area contributed by atoms with Gasteiger partial charge in [-0.1, -0.05) is 20.8 Å². The highest BCUT2D eigenvalue weighted by Crippen LogP contribution is 2.68. The summed E-state index contributed by atoms with van der Waals surface area (Å²) in [7, 11) is 4.94. The largest absolute Gasteiger partial charge is 0.469 e. The standard InChI is InChI=1S/C29H50O6/c1-19(7-10-26(30)33-6)22-8-9-23-27-24(12-14-29(22,23)3)28(2)13-11-21(34-17-31-4)15-20(28)16-25(27)35-18-32-5/h19-25,27H,7-18H2,1-6H3/t19-,20+,21-,22-,23+,24+,25-,27+,28+,29-/m1/s1. The van der Waals surface area contributed by atoms with E-state index in [4.69, 9.17) is 23.7 Å². The summed E-state index contributed by atoms with van der Waals surface area (Å²) in [5.74, 6) is 3.75. The zero-order chi connectivity index (χ0) is 25.2. The van der Waals surface area contributed by atoms with E-state index in [1.54, 1.807) is 14.2 Å². The highest BCUT2D eigenvalue weighted by Gasteiger charge is 2.63. The molecule has 0 aromatic heterocycles. The smallest absolute Gasteiger partial charge is 0.305 e. The molecule has 202 valence electrons. The molecular formula is C29H50O6. The topological polar surface area (TPSA) is 63.2 Å². The van der Waals surface area contributed by atoms with Crippen LogP contribution in [0.4, 0.5) is 0 Å². The summed E-state index contributed by atoms with van der Waals surface area (Å²) < 4.78 is 28.1. The van der Waals surface area contributed by atoms with Crippen LogP contribution in [0, 0.1) is 46.3 Å². The predicted molar refractivity (Wildman–Crippen MR) is 135 cm³/mol. The van der Waals surface area contributed by atoms with Crippen LogP contribution in [0.5, 0.6) is 0 Å². The van der Waals surface area contributed by atoms with Gasteiger partial charge < -0.3 is 23.7 Å². The molecule has 35 heavy (non-hydrogen) atoms. The number of esters is 1. The second-order valence-electron chi connectivity index (χ2n) is 12.6. The highest BCUT2D eigenvalue weighted by molar-refractivity contribution is 5.69. The molecule has 0 heterocycles. The van der Waals surface area contributed by atoms with E-state index < -0.39 is 0 Å². The Kier molecular flexibility index (Phi) is 8.88. The molecule has 4 saturated carbocycles. The van der Waals surface area contributed by atoms with Gasteiger partial charge in [0.05, 0.1) is 19.3 Å². The SMILES string of the molecule is COCO[C@@H]1CC[C@@]2(C)[C@@H](C1)C[C@@H](OCOC)[C@@H]1[C@@H]2CC[C@]2(C)[C@@H]([C@H](C)CCC(=O)OC)CC[C@@H]12. The molecular weight excluding hydrogens is 444 g/mol. The minimum atomic E-state index is -0.0791. The second-order valence-corrected chi connectivity index (χ2v) is 12.6. The van der Waals surface area contributed by atoms with Gasteiger partial charge in [0.2, 0.25) is 0 Å². The maximum absolute atomic E-state index is 11.8. The quantitative estimate of drug-likeness (QED) is 0.282. The van der Waals surface area contributed by atoms with E-state index >= 15 is 0 Å². The minimum Gasteiger partial charge on any atom is -0.469 e. The van der Waals surface area contributed by atoms with Crippen molar-refractivity contribution in [3.63, 3.8) is 0 Å². The van der Waals surface area contributed by atoms with Crippen molar-refractivity contribution in [3.05, 3.63) is 0 Å². The summed E-state index contributed by atoms with van der Waals surface area (Å²) in [6.07, 6.45) is 11.8. The van der Waals surface area contributed by atoms with Crippen LogP contribution in [0.15, 0.2) is 0 Å². The highest BCUT2D eigenvalue weighted by atomic mass is 16.7. The third-order valence-electron chi connectivity index (χ3n) is 11.2. The Morgan fingerprint density at radius 2 is 1.57 bits per heavy atom. The molecule has 0 aromatic carbocycles. The van der Waals surface area contributed by atoms with Crippen LogP contribution in [0.1, 0.15) is 85.0 Å². The molecule has 0 saturated heterocycles. The maximum Gasteiger partial charge on any atom is 0.305 e. The Balaban J connectivity index is 1.54. The van der Waals surface area contributed by atoms with Crippen molar-refractivity contribution in [1.82, 2.24) is 0 Å². The lowest BCUT2D eigenvalue weighted by molar-refractivity contribution is -0.213. The fourth-order valence-electron chi connectivity index (χ4n) is 9.43. The Morgan fingerprint density at radius 1 is 0.886 bits per heavy atom. The molecule has 4 fully saturated rings. The van der Waals surface area contributed by atoms with Gasteiger partial charge in [0.25, 0.3) is 0 Å². The zero-order valence-electron chi connectivity index (χ0n) is 23.1. The number of ether oxygens (including phenoxy) is 5. The van der Waals surface area contributed by atoms with Gasteiger partial charge in [0.1, 0.15) is 13.6 Å². The van der Waals surface area contributed by atoms with Crippen LogP contribution >= 0.6 is 0 Å². The van der Waals surface area contributed by atoms with Gasteiger partial charge in [-0.15, -0.1) is 0 Å². The summed E-state index contributed by atoms with van der Waals surface area (Å²) in [4.78, 5) is 11.8. The molecule has 4 aliphatic carbocycles. The fourth-order valence-corrected chi connectivity index (χ4v) is 9.43. The Hall–Kier alpha value is -0.690. The second kappa shape index (κ2) is 11.4. The van der Waals surface area contributed by atoms with Gasteiger partial charge in [-0.3, -0.25) is 4.79 Å². The first-order valence-electron chi connectivity index (χ1n) is 14.1. The molecule has 0 bridgehead atoms. The lowest BCUT2D eigenvalue weighted by Gasteiger charge is -2.63. The summed E-state index contributed by atoms with van der Waals surface area (Å²) >= 11 is 0. The van der Waals surface area contributed by atoms with E-state index in [1.165, 1.54) is 39.2 Å². The summed E-state index contributed by atoms with van der Waals surface area (Å²) in [5, 5.41) is 0. The van der Waals surface area contributed by atoms with Crippen LogP contribution in [-0.2, 0) is 28.5 Å². The molecule has 0 N–H and O–H groups in total. The van der Waals surface area contributed by atoms with E-state index in [2.05, 4.69) is 20.8 Å². The molecule has 6 nitrogen and oxygen atoms in total. The molecule has 10 atom stereocenters. The number of hydrogen-bond donors (Lipinski definition) is 0. The van der Waals surface area contributed by atoms with Crippen LogP contribution in [0.25, 0.3) is 0 Å². The van der Waals surface area contributed by atoms with E-state index in [-0.39, 0.29) is 12.1 Å². The minimum absolute atomic E-state index is 0.0791. The van der Waals surface area contributed by atoms with E-state index in [1.807, 2.05) is 0 Å². The number of hydrogen-bond acceptors (Lipinski definition) is 6. The van der Waals surface area contributed by atoms with Crippen LogP contribution < -0.4 is 0 Å². The molecule has 0 aliphatic heterocycles. The van der Waals surface area contributed by atoms with Crippen molar-refractivity contribution in [1.29, 1.82) is 0 Å². The van der Waals surface area contributed by atoms with Gasteiger partial charge >= 0.3 is 5.97 Å². The molecule has 0 amide bonds. The molecule has 4 rings (SSSR count). The van der Waals surface area contributed by atoms with Crippen LogP contribution in [0.3, 0.4) is 0 Å². The summed E-state index contributed by atoms with van der Waals surface area (Å²) in [6.45, 7) is 8.29. The van der Waals surface area contributed by atoms with E-state index in [0.29, 0.717) is 72.4 Å². The first-order valence-corrected chi connectivity index (χ1v) is 14.1. The van der Waals surface area contributed by atoms with Crippen LogP contribution in [-0.4, -0.2) is 53.1 Å². The lowest BCUT2D eigenvalue weighted by atomic mass is 9.43. The average Bonchev–Trinajstić information content (AvgIpc) is 3.21. The van der Waals surface area contributed by atoms with Crippen molar-refractivity contribution in [3.8, 4) is 0 Å². The van der Waals surface area contributed by atoms with Gasteiger partial charge in [-0.25, -0.2) is 0 Å². The van der Waals surface area contributed by atoms with E-state index in [0.717, 1.165) is 25.7 Å². The molecule has 0 aromatic rings. The number of fused-ring (bicyclic) bond motifs is 5. The molecule has 0 spiro atoms. The van der Waals surface area contributed by atoms with Crippen molar-refractivity contribution in [2.24, 2.45) is 46.3 Å². The molecule has 6 heteroatoms. The third kappa shape index (κ3) is 5.19. The van der Waals surface area contributed by atoms with Crippen molar-refractivity contribution >= 4 is 5.97 Å². The number of carbonyl (C=O) groups excluding carboxylic acids is 1. The average molecular weight is 495 g/mol. The maximum atomic E-state index is 11.8. The summed E-state index contributed by atoms with van der Waals surface area (Å²) in [6, 6.07) is 0. The zero-order valence-corrected chi connectivity index (χ0v) is 23.1. The Bertz CT molecular complexity index is 713. The fraction of sp³-hybridized carbons (Fsp3) is 0.966. The van der Waals surface area contributed by atoms with Crippen molar-refractivity contribution < 1.29 is 28.5 Å². The first kappa shape index (κ1) is 27.3. The Labute approximate surface area is 213 Å². The first-order chi connectivity index (χ1) is 16.8. The third-order valence-corrected chi connectivity index (χ3v) is 11.2. The van der Waals surface area contributed by atoms with E-state index in [9.17, 15) is 4.79 Å². The molecule has 0 radical (unpaired) electrons. The monoisotopic (exact) mass is 494 g/mol.